The summed E-state index contributed by atoms with van der Waals surface area (Å²) in [5, 5.41) is 9.01. The van der Waals surface area contributed by atoms with Gasteiger partial charge < -0.3 is 14.6 Å². The summed E-state index contributed by atoms with van der Waals surface area (Å²) in [6.45, 7) is 1.11. The zero-order chi connectivity index (χ0) is 20.5. The van der Waals surface area contributed by atoms with Crippen LogP contribution in [-0.4, -0.2) is 18.2 Å². The van der Waals surface area contributed by atoms with Gasteiger partial charge in [-0.2, -0.15) is 0 Å². The Hall–Kier alpha value is -3.11. The molecule has 0 aliphatic carbocycles. The highest BCUT2D eigenvalue weighted by molar-refractivity contribution is 5.87. The predicted octanol–water partition coefficient (Wildman–Crippen LogP) is 5.29. The molecule has 0 saturated heterocycles. The first-order chi connectivity index (χ1) is 14.2. The van der Waals surface area contributed by atoms with E-state index in [-0.39, 0.29) is 0 Å². The molecular formula is C25H26O4. The number of carboxylic acid groups (broad SMARTS) is 1. The third-order valence-corrected chi connectivity index (χ3v) is 4.79. The van der Waals surface area contributed by atoms with Crippen LogP contribution >= 0.6 is 0 Å². The second-order valence-electron chi connectivity index (χ2n) is 7.00. The van der Waals surface area contributed by atoms with Gasteiger partial charge in [0, 0.05) is 7.11 Å². The summed E-state index contributed by atoms with van der Waals surface area (Å²) in [5.74, 6) is 0.00152. The molecule has 4 nitrogen and oxygen atoms in total. The number of benzene rings is 3. The van der Waals surface area contributed by atoms with Crippen molar-refractivity contribution in [3.63, 3.8) is 0 Å². The van der Waals surface area contributed by atoms with E-state index in [9.17, 15) is 4.79 Å². The Morgan fingerprint density at radius 2 is 1.55 bits per heavy atom. The van der Waals surface area contributed by atoms with Gasteiger partial charge in [0.05, 0.1) is 12.2 Å². The normalized spacial score (nSPS) is 10.7. The topological polar surface area (TPSA) is 55.8 Å². The molecule has 0 amide bonds. The second kappa shape index (κ2) is 10.4. The van der Waals surface area contributed by atoms with Gasteiger partial charge in [0.15, 0.2) is 0 Å². The molecule has 3 rings (SSSR count). The van der Waals surface area contributed by atoms with Gasteiger partial charge in [0.2, 0.25) is 0 Å². The highest BCUT2D eigenvalue weighted by atomic mass is 16.5. The molecule has 0 bridgehead atoms. The number of carbonyl (C=O) groups is 1. The van der Waals surface area contributed by atoms with E-state index in [1.807, 2.05) is 42.5 Å². The van der Waals surface area contributed by atoms with Crippen LogP contribution in [-0.2, 0) is 30.8 Å². The van der Waals surface area contributed by atoms with Crippen molar-refractivity contribution in [2.75, 3.05) is 7.11 Å². The summed E-state index contributed by atoms with van der Waals surface area (Å²) in [4.78, 5) is 11.0. The van der Waals surface area contributed by atoms with Crippen LogP contribution < -0.4 is 4.74 Å². The lowest BCUT2D eigenvalue weighted by atomic mass is 10.0. The maximum absolute atomic E-state index is 11.0. The van der Waals surface area contributed by atoms with Gasteiger partial charge >= 0.3 is 5.97 Å². The summed E-state index contributed by atoms with van der Waals surface area (Å²) < 4.78 is 11.4. The van der Waals surface area contributed by atoms with E-state index >= 15 is 0 Å². The van der Waals surface area contributed by atoms with Crippen LogP contribution in [0.3, 0.4) is 0 Å². The molecule has 1 N–H and O–H groups in total. The monoisotopic (exact) mass is 390 g/mol. The lowest BCUT2D eigenvalue weighted by molar-refractivity contribution is 0.0697. The molecule has 29 heavy (non-hydrogen) atoms. The van der Waals surface area contributed by atoms with Crippen molar-refractivity contribution in [1.82, 2.24) is 0 Å². The number of aromatic carboxylic acids is 1. The van der Waals surface area contributed by atoms with E-state index in [4.69, 9.17) is 14.6 Å². The maximum atomic E-state index is 11.0. The largest absolute Gasteiger partial charge is 0.489 e. The number of aryl methyl sites for hydroxylation is 2. The van der Waals surface area contributed by atoms with Crippen LogP contribution in [0, 0.1) is 0 Å². The van der Waals surface area contributed by atoms with E-state index in [1.165, 1.54) is 0 Å². The van der Waals surface area contributed by atoms with Crippen LogP contribution in [0.4, 0.5) is 0 Å². The highest BCUT2D eigenvalue weighted by Crippen LogP contribution is 2.24. The molecule has 3 aromatic rings. The Balaban J connectivity index is 1.64. The lowest BCUT2D eigenvalue weighted by Gasteiger charge is -2.14. The first kappa shape index (κ1) is 20.6. The summed E-state index contributed by atoms with van der Waals surface area (Å²) >= 11 is 0. The van der Waals surface area contributed by atoms with Crippen LogP contribution in [0.25, 0.3) is 0 Å². The first-order valence-corrected chi connectivity index (χ1v) is 9.75. The Bertz CT molecular complexity index is 917. The molecular weight excluding hydrogens is 364 g/mol. The van der Waals surface area contributed by atoms with Crippen molar-refractivity contribution in [3.05, 3.63) is 101 Å². The molecule has 4 heteroatoms. The molecule has 0 unspecified atom stereocenters. The summed E-state index contributed by atoms with van der Waals surface area (Å²) in [7, 11) is 1.69. The molecule has 0 spiro atoms. The summed E-state index contributed by atoms with van der Waals surface area (Å²) in [5.41, 5.74) is 4.88. The smallest absolute Gasteiger partial charge is 0.335 e. The zero-order valence-corrected chi connectivity index (χ0v) is 16.6. The van der Waals surface area contributed by atoms with Crippen LogP contribution in [0.2, 0.25) is 0 Å². The number of ether oxygens (including phenoxy) is 2. The van der Waals surface area contributed by atoms with E-state index in [0.717, 1.165) is 47.3 Å². The average Bonchev–Trinajstić information content (AvgIpc) is 2.74. The van der Waals surface area contributed by atoms with E-state index in [1.54, 1.807) is 19.2 Å². The number of methoxy groups -OCH3 is 1. The Morgan fingerprint density at radius 1 is 0.828 bits per heavy atom. The molecule has 0 atom stereocenters. The van der Waals surface area contributed by atoms with E-state index in [0.29, 0.717) is 18.8 Å². The SMILES string of the molecule is COCc1ccc(OCc2ccccc2)c(CCCc2ccc(C(=O)O)cc2)c1. The quantitative estimate of drug-likeness (QED) is 0.511. The summed E-state index contributed by atoms with van der Waals surface area (Å²) in [6, 6.07) is 23.4. The van der Waals surface area contributed by atoms with Crippen molar-refractivity contribution in [1.29, 1.82) is 0 Å². The fourth-order valence-corrected chi connectivity index (χ4v) is 3.26. The lowest BCUT2D eigenvalue weighted by Crippen LogP contribution is -2.01. The summed E-state index contributed by atoms with van der Waals surface area (Å²) in [6.07, 6.45) is 2.71. The fourth-order valence-electron chi connectivity index (χ4n) is 3.26. The van der Waals surface area contributed by atoms with Gasteiger partial charge in [0.1, 0.15) is 12.4 Å². The van der Waals surface area contributed by atoms with Crippen molar-refractivity contribution in [3.8, 4) is 5.75 Å². The third-order valence-electron chi connectivity index (χ3n) is 4.79. The minimum atomic E-state index is -0.897. The minimum absolute atomic E-state index is 0.317. The van der Waals surface area contributed by atoms with E-state index < -0.39 is 5.97 Å². The molecule has 0 fully saturated rings. The highest BCUT2D eigenvalue weighted by Gasteiger charge is 2.08. The molecule has 0 heterocycles. The van der Waals surface area contributed by atoms with Gasteiger partial charge in [-0.15, -0.1) is 0 Å². The zero-order valence-electron chi connectivity index (χ0n) is 16.6. The Morgan fingerprint density at radius 3 is 2.24 bits per heavy atom. The van der Waals surface area contributed by atoms with E-state index in [2.05, 4.69) is 18.2 Å². The number of carboxylic acids is 1. The van der Waals surface area contributed by atoms with Crippen LogP contribution in [0.15, 0.2) is 72.8 Å². The number of hydrogen-bond donors (Lipinski definition) is 1. The maximum Gasteiger partial charge on any atom is 0.335 e. The first-order valence-electron chi connectivity index (χ1n) is 9.75. The van der Waals surface area contributed by atoms with Gasteiger partial charge in [-0.3, -0.25) is 0 Å². The molecule has 0 aromatic heterocycles. The van der Waals surface area contributed by atoms with Crippen molar-refractivity contribution >= 4 is 5.97 Å². The number of rotatable bonds is 10. The molecule has 3 aromatic carbocycles. The second-order valence-corrected chi connectivity index (χ2v) is 7.00. The minimum Gasteiger partial charge on any atom is -0.489 e. The molecule has 0 saturated carbocycles. The molecule has 0 aliphatic rings. The van der Waals surface area contributed by atoms with Crippen molar-refractivity contribution in [2.45, 2.75) is 32.5 Å². The Labute approximate surface area is 171 Å². The van der Waals surface area contributed by atoms with Crippen LogP contribution in [0.1, 0.15) is 39.0 Å². The molecule has 0 aliphatic heterocycles. The van der Waals surface area contributed by atoms with Gasteiger partial charge in [0.25, 0.3) is 0 Å². The average molecular weight is 390 g/mol. The van der Waals surface area contributed by atoms with Gasteiger partial charge in [-0.1, -0.05) is 48.5 Å². The predicted molar refractivity (Wildman–Crippen MR) is 113 cm³/mol. The van der Waals surface area contributed by atoms with Crippen molar-refractivity contribution < 1.29 is 19.4 Å². The standard InChI is InChI=1S/C25H26O4/c1-28-17-21-12-15-24(29-18-20-6-3-2-4-7-20)23(16-21)9-5-8-19-10-13-22(14-11-19)25(26)27/h2-4,6-7,10-16H,5,8-9,17-18H2,1H3,(H,26,27). The van der Waals surface area contributed by atoms with Gasteiger partial charge in [-0.25, -0.2) is 4.79 Å². The number of hydrogen-bond acceptors (Lipinski definition) is 3. The van der Waals surface area contributed by atoms with Crippen LogP contribution in [0.5, 0.6) is 5.75 Å². The molecule has 150 valence electrons. The molecule has 0 radical (unpaired) electrons. The fraction of sp³-hybridized carbons (Fsp3) is 0.240. The van der Waals surface area contributed by atoms with Crippen molar-refractivity contribution in [2.24, 2.45) is 0 Å². The Kier molecular flexibility index (Phi) is 7.42. The van der Waals surface area contributed by atoms with Gasteiger partial charge in [-0.05, 0) is 65.8 Å². The third kappa shape index (κ3) is 6.19.